The third kappa shape index (κ3) is 5.54. The molecule has 1 aliphatic rings. The molecule has 1 aromatic carbocycles. The fraction of sp³-hybridized carbons (Fsp3) is 0.381. The van der Waals surface area contributed by atoms with Gasteiger partial charge in [0.05, 0.1) is 6.04 Å². The number of anilines is 1. The minimum Gasteiger partial charge on any atom is -0.343 e. The van der Waals surface area contributed by atoms with Crippen LogP contribution in [0.2, 0.25) is 0 Å². The summed E-state index contributed by atoms with van der Waals surface area (Å²) in [5.74, 6) is 0.235. The minimum atomic E-state index is -0.253. The van der Waals surface area contributed by atoms with Crippen LogP contribution in [0.15, 0.2) is 48.8 Å². The molecule has 2 N–H and O–H groups in total. The summed E-state index contributed by atoms with van der Waals surface area (Å²) in [7, 11) is 0. The molecule has 3 amide bonds. The zero-order valence-corrected chi connectivity index (χ0v) is 15.6. The number of carbonyl (C=O) groups is 2. The number of benzene rings is 1. The van der Waals surface area contributed by atoms with Gasteiger partial charge in [0.1, 0.15) is 0 Å². The van der Waals surface area contributed by atoms with Crippen LogP contribution in [0.3, 0.4) is 0 Å². The third-order valence-electron chi connectivity index (χ3n) is 4.85. The molecule has 0 radical (unpaired) electrons. The van der Waals surface area contributed by atoms with E-state index in [2.05, 4.69) is 15.6 Å². The molecule has 2 aromatic rings. The molecule has 27 heavy (non-hydrogen) atoms. The maximum Gasteiger partial charge on any atom is 0.319 e. The second-order valence-electron chi connectivity index (χ2n) is 6.89. The van der Waals surface area contributed by atoms with Crippen molar-refractivity contribution in [3.05, 3.63) is 59.9 Å². The van der Waals surface area contributed by atoms with Crippen LogP contribution in [-0.4, -0.2) is 34.9 Å². The van der Waals surface area contributed by atoms with E-state index >= 15 is 0 Å². The summed E-state index contributed by atoms with van der Waals surface area (Å²) in [5, 5.41) is 5.74. The van der Waals surface area contributed by atoms with E-state index in [-0.39, 0.29) is 18.0 Å². The fourth-order valence-electron chi connectivity index (χ4n) is 3.23. The van der Waals surface area contributed by atoms with Gasteiger partial charge >= 0.3 is 6.03 Å². The number of hydrogen-bond acceptors (Lipinski definition) is 3. The Kier molecular flexibility index (Phi) is 6.41. The van der Waals surface area contributed by atoms with Crippen LogP contribution in [0.1, 0.15) is 43.4 Å². The molecule has 6 heteroatoms. The largest absolute Gasteiger partial charge is 0.343 e. The molecular weight excluding hydrogens is 340 g/mol. The van der Waals surface area contributed by atoms with E-state index in [0.717, 1.165) is 49.2 Å². The molecule has 1 aromatic heterocycles. The monoisotopic (exact) mass is 366 g/mol. The van der Waals surface area contributed by atoms with Crippen molar-refractivity contribution in [3.63, 3.8) is 0 Å². The first-order valence-electron chi connectivity index (χ1n) is 9.46. The van der Waals surface area contributed by atoms with E-state index in [1.54, 1.807) is 12.4 Å². The lowest BCUT2D eigenvalue weighted by Gasteiger charge is -2.15. The molecule has 1 unspecified atom stereocenters. The van der Waals surface area contributed by atoms with Gasteiger partial charge in [-0.1, -0.05) is 12.1 Å². The van der Waals surface area contributed by atoms with E-state index < -0.39 is 0 Å². The zero-order chi connectivity index (χ0) is 19.1. The number of pyridine rings is 1. The van der Waals surface area contributed by atoms with Gasteiger partial charge in [-0.05, 0) is 61.6 Å². The van der Waals surface area contributed by atoms with E-state index in [0.29, 0.717) is 6.42 Å². The first-order valence-corrected chi connectivity index (χ1v) is 9.46. The number of hydrogen-bond donors (Lipinski definition) is 2. The lowest BCUT2D eigenvalue weighted by molar-refractivity contribution is -0.130. The van der Waals surface area contributed by atoms with Crippen molar-refractivity contribution in [3.8, 4) is 0 Å². The van der Waals surface area contributed by atoms with Gasteiger partial charge in [-0.2, -0.15) is 0 Å². The smallest absolute Gasteiger partial charge is 0.319 e. The zero-order valence-electron chi connectivity index (χ0n) is 15.6. The molecule has 1 aliphatic heterocycles. The number of likely N-dealkylation sites (tertiary alicyclic amines) is 1. The number of aryl methyl sites for hydroxylation is 1. The standard InChI is InChI=1S/C21H26N4O2/c1-16(18-10-12-22-13-11-18)23-21(27)24-19-7-4-17(5-8-19)6-9-20(26)25-14-2-3-15-25/h4-5,7-8,10-13,16H,2-3,6,9,14-15H2,1H3,(H2,23,24,27). The molecule has 1 atom stereocenters. The number of nitrogens with zero attached hydrogens (tertiary/aromatic N) is 2. The number of urea groups is 1. The Morgan fingerprint density at radius 1 is 1.07 bits per heavy atom. The SMILES string of the molecule is CC(NC(=O)Nc1ccc(CCC(=O)N2CCCC2)cc1)c1ccncc1. The number of amides is 3. The van der Waals surface area contributed by atoms with E-state index in [4.69, 9.17) is 0 Å². The predicted molar refractivity (Wildman–Crippen MR) is 105 cm³/mol. The van der Waals surface area contributed by atoms with Crippen LogP contribution in [-0.2, 0) is 11.2 Å². The summed E-state index contributed by atoms with van der Waals surface area (Å²) in [6.45, 7) is 3.72. The summed E-state index contributed by atoms with van der Waals surface area (Å²) < 4.78 is 0. The Balaban J connectivity index is 1.45. The van der Waals surface area contributed by atoms with Crippen molar-refractivity contribution >= 4 is 17.6 Å². The maximum absolute atomic E-state index is 12.2. The Morgan fingerprint density at radius 3 is 2.41 bits per heavy atom. The first kappa shape index (κ1) is 18.9. The van der Waals surface area contributed by atoms with E-state index in [9.17, 15) is 9.59 Å². The molecule has 1 saturated heterocycles. The highest BCUT2D eigenvalue weighted by Gasteiger charge is 2.17. The normalized spacial score (nSPS) is 14.6. The molecule has 0 saturated carbocycles. The molecule has 3 rings (SSSR count). The van der Waals surface area contributed by atoms with Crippen LogP contribution in [0, 0.1) is 0 Å². The van der Waals surface area contributed by atoms with Crippen LogP contribution in [0.4, 0.5) is 10.5 Å². The summed E-state index contributed by atoms with van der Waals surface area (Å²) in [6, 6.07) is 11.0. The predicted octanol–water partition coefficient (Wildman–Crippen LogP) is 3.52. The highest BCUT2D eigenvalue weighted by molar-refractivity contribution is 5.89. The van der Waals surface area contributed by atoms with Gasteiger partial charge in [0.2, 0.25) is 5.91 Å². The van der Waals surface area contributed by atoms with Crippen LogP contribution in [0.25, 0.3) is 0 Å². The lowest BCUT2D eigenvalue weighted by Crippen LogP contribution is -2.31. The topological polar surface area (TPSA) is 74.3 Å². The molecule has 2 heterocycles. The molecule has 0 spiro atoms. The van der Waals surface area contributed by atoms with Crippen LogP contribution >= 0.6 is 0 Å². The Hall–Kier alpha value is -2.89. The molecule has 142 valence electrons. The Bertz CT molecular complexity index is 756. The average molecular weight is 366 g/mol. The van der Waals surface area contributed by atoms with E-state index in [1.807, 2.05) is 48.2 Å². The van der Waals surface area contributed by atoms with Gasteiger partial charge in [-0.3, -0.25) is 9.78 Å². The first-order chi connectivity index (χ1) is 13.1. The van der Waals surface area contributed by atoms with Gasteiger partial charge < -0.3 is 15.5 Å². The molecule has 6 nitrogen and oxygen atoms in total. The number of carbonyl (C=O) groups excluding carboxylic acids is 2. The third-order valence-corrected chi connectivity index (χ3v) is 4.85. The summed E-state index contributed by atoms with van der Waals surface area (Å²) in [4.78, 5) is 30.2. The van der Waals surface area contributed by atoms with Crippen LogP contribution in [0.5, 0.6) is 0 Å². The quantitative estimate of drug-likeness (QED) is 0.821. The fourth-order valence-corrected chi connectivity index (χ4v) is 3.23. The number of rotatable bonds is 6. The van der Waals surface area contributed by atoms with Crippen molar-refractivity contribution in [1.82, 2.24) is 15.2 Å². The van der Waals surface area contributed by atoms with Crippen molar-refractivity contribution < 1.29 is 9.59 Å². The van der Waals surface area contributed by atoms with Gasteiger partial charge in [0.15, 0.2) is 0 Å². The second kappa shape index (κ2) is 9.16. The minimum absolute atomic E-state index is 0.108. The molecule has 1 fully saturated rings. The highest BCUT2D eigenvalue weighted by atomic mass is 16.2. The highest BCUT2D eigenvalue weighted by Crippen LogP contribution is 2.15. The summed E-state index contributed by atoms with van der Waals surface area (Å²) >= 11 is 0. The summed E-state index contributed by atoms with van der Waals surface area (Å²) in [6.07, 6.45) is 6.91. The van der Waals surface area contributed by atoms with Crippen molar-refractivity contribution in [1.29, 1.82) is 0 Å². The van der Waals surface area contributed by atoms with Gasteiger partial charge in [0.25, 0.3) is 0 Å². The Labute approximate surface area is 160 Å². The van der Waals surface area contributed by atoms with Crippen molar-refractivity contribution in [2.24, 2.45) is 0 Å². The maximum atomic E-state index is 12.2. The number of nitrogens with one attached hydrogen (secondary N) is 2. The molecule has 0 aliphatic carbocycles. The van der Waals surface area contributed by atoms with Crippen molar-refractivity contribution in [2.75, 3.05) is 18.4 Å². The van der Waals surface area contributed by atoms with Gasteiger partial charge in [-0.15, -0.1) is 0 Å². The Morgan fingerprint density at radius 2 is 1.74 bits per heavy atom. The number of aromatic nitrogens is 1. The average Bonchev–Trinajstić information content (AvgIpc) is 3.23. The lowest BCUT2D eigenvalue weighted by atomic mass is 10.1. The molecular formula is C21H26N4O2. The van der Waals surface area contributed by atoms with Gasteiger partial charge in [0, 0.05) is 37.6 Å². The second-order valence-corrected chi connectivity index (χ2v) is 6.89. The molecule has 0 bridgehead atoms. The van der Waals surface area contributed by atoms with Crippen molar-refractivity contribution in [2.45, 2.75) is 38.6 Å². The van der Waals surface area contributed by atoms with E-state index in [1.165, 1.54) is 0 Å². The summed E-state index contributed by atoms with van der Waals surface area (Å²) in [5.41, 5.74) is 2.82. The van der Waals surface area contributed by atoms with Crippen LogP contribution < -0.4 is 10.6 Å². The van der Waals surface area contributed by atoms with Gasteiger partial charge in [-0.25, -0.2) is 4.79 Å².